The predicted molar refractivity (Wildman–Crippen MR) is 107 cm³/mol. The van der Waals surface area contributed by atoms with Crippen molar-refractivity contribution in [2.75, 3.05) is 20.2 Å². The molecular weight excluding hydrogens is 395 g/mol. The zero-order chi connectivity index (χ0) is 21.1. The topological polar surface area (TPSA) is 75.7 Å². The van der Waals surface area contributed by atoms with Crippen LogP contribution in [0.5, 0.6) is 5.75 Å². The van der Waals surface area contributed by atoms with Crippen molar-refractivity contribution in [3.05, 3.63) is 59.9 Å². The number of piperidine rings is 1. The van der Waals surface area contributed by atoms with E-state index in [1.165, 1.54) is 35.7 Å². The summed E-state index contributed by atoms with van der Waals surface area (Å²) in [5.41, 5.74) is -0.203. The molecular formula is C21H25FN2O4S. The van der Waals surface area contributed by atoms with E-state index in [0.717, 1.165) is 0 Å². The molecule has 29 heavy (non-hydrogen) atoms. The number of carbonyl (C=O) groups is 1. The maximum atomic E-state index is 13.3. The van der Waals surface area contributed by atoms with Crippen molar-refractivity contribution in [1.82, 2.24) is 9.62 Å². The summed E-state index contributed by atoms with van der Waals surface area (Å²) in [5, 5.41) is 2.82. The Labute approximate surface area is 170 Å². The van der Waals surface area contributed by atoms with Crippen molar-refractivity contribution >= 4 is 15.9 Å². The second-order valence-electron chi connectivity index (χ2n) is 7.49. The van der Waals surface area contributed by atoms with Crippen LogP contribution in [0.4, 0.5) is 4.39 Å². The SMILES string of the molecule is COc1ccc(S(=O)(=O)N2CCCC(C)(C(=O)NCc3cccc(F)c3)C2)cc1. The molecule has 0 aromatic heterocycles. The van der Waals surface area contributed by atoms with E-state index in [1.807, 2.05) is 0 Å². The lowest BCUT2D eigenvalue weighted by Gasteiger charge is -2.38. The fourth-order valence-electron chi connectivity index (χ4n) is 3.52. The van der Waals surface area contributed by atoms with Gasteiger partial charge in [-0.25, -0.2) is 12.8 Å². The lowest BCUT2D eigenvalue weighted by molar-refractivity contribution is -0.132. The van der Waals surface area contributed by atoms with E-state index in [0.29, 0.717) is 30.7 Å². The van der Waals surface area contributed by atoms with E-state index < -0.39 is 15.4 Å². The summed E-state index contributed by atoms with van der Waals surface area (Å²) >= 11 is 0. The molecule has 2 aromatic carbocycles. The van der Waals surface area contributed by atoms with Crippen LogP contribution in [0.3, 0.4) is 0 Å². The van der Waals surface area contributed by atoms with Crippen LogP contribution < -0.4 is 10.1 Å². The second kappa shape index (κ2) is 8.51. The zero-order valence-electron chi connectivity index (χ0n) is 16.5. The number of benzene rings is 2. The Hall–Kier alpha value is -2.45. The first kappa shape index (κ1) is 21.3. The number of methoxy groups -OCH3 is 1. The Balaban J connectivity index is 1.71. The summed E-state index contributed by atoms with van der Waals surface area (Å²) in [5.74, 6) is -0.0297. The molecule has 2 aromatic rings. The van der Waals surface area contributed by atoms with Gasteiger partial charge in [0.05, 0.1) is 17.4 Å². The van der Waals surface area contributed by atoms with Crippen LogP contribution in [0, 0.1) is 11.2 Å². The molecule has 1 N–H and O–H groups in total. The third kappa shape index (κ3) is 4.76. The molecule has 0 saturated carbocycles. The van der Waals surface area contributed by atoms with Gasteiger partial charge in [0, 0.05) is 19.6 Å². The van der Waals surface area contributed by atoms with Crippen LogP contribution in [-0.4, -0.2) is 38.8 Å². The summed E-state index contributed by atoms with van der Waals surface area (Å²) in [7, 11) is -2.20. The minimum Gasteiger partial charge on any atom is -0.497 e. The Morgan fingerprint density at radius 2 is 1.97 bits per heavy atom. The Kier molecular flexibility index (Phi) is 6.24. The Morgan fingerprint density at radius 1 is 1.24 bits per heavy atom. The molecule has 6 nitrogen and oxygen atoms in total. The summed E-state index contributed by atoms with van der Waals surface area (Å²) in [6.45, 7) is 2.42. The summed E-state index contributed by atoms with van der Waals surface area (Å²) in [4.78, 5) is 13.0. The largest absolute Gasteiger partial charge is 0.497 e. The summed E-state index contributed by atoms with van der Waals surface area (Å²) in [6, 6.07) is 12.2. The van der Waals surface area contributed by atoms with Gasteiger partial charge in [0.2, 0.25) is 15.9 Å². The summed E-state index contributed by atoms with van der Waals surface area (Å²) < 4.78 is 45.8. The first-order valence-corrected chi connectivity index (χ1v) is 10.9. The highest BCUT2D eigenvalue weighted by molar-refractivity contribution is 7.89. The molecule has 1 saturated heterocycles. The molecule has 1 aliphatic heterocycles. The maximum absolute atomic E-state index is 13.3. The molecule has 0 bridgehead atoms. The Morgan fingerprint density at radius 3 is 2.62 bits per heavy atom. The molecule has 1 unspecified atom stereocenters. The van der Waals surface area contributed by atoms with Crippen molar-refractivity contribution < 1.29 is 22.3 Å². The molecule has 3 rings (SSSR count). The molecule has 8 heteroatoms. The first-order chi connectivity index (χ1) is 13.7. The number of nitrogens with one attached hydrogen (secondary N) is 1. The van der Waals surface area contributed by atoms with E-state index in [-0.39, 0.29) is 29.7 Å². The molecule has 0 radical (unpaired) electrons. The van der Waals surface area contributed by atoms with Crippen molar-refractivity contribution in [3.8, 4) is 5.75 Å². The van der Waals surface area contributed by atoms with Crippen LogP contribution in [0.25, 0.3) is 0 Å². The van der Waals surface area contributed by atoms with Gasteiger partial charge in [-0.05, 0) is 61.7 Å². The maximum Gasteiger partial charge on any atom is 0.243 e. The molecule has 1 atom stereocenters. The van der Waals surface area contributed by atoms with Gasteiger partial charge in [0.25, 0.3) is 0 Å². The van der Waals surface area contributed by atoms with E-state index in [1.54, 1.807) is 31.2 Å². The monoisotopic (exact) mass is 420 g/mol. The normalized spacial score (nSPS) is 20.2. The fraction of sp³-hybridized carbons (Fsp3) is 0.381. The van der Waals surface area contributed by atoms with Crippen molar-refractivity contribution in [1.29, 1.82) is 0 Å². The second-order valence-corrected chi connectivity index (χ2v) is 9.43. The van der Waals surface area contributed by atoms with Gasteiger partial charge in [0.15, 0.2) is 0 Å². The quantitative estimate of drug-likeness (QED) is 0.780. The van der Waals surface area contributed by atoms with Crippen LogP contribution >= 0.6 is 0 Å². The lowest BCUT2D eigenvalue weighted by atomic mass is 9.82. The van der Waals surface area contributed by atoms with Gasteiger partial charge in [-0.15, -0.1) is 0 Å². The van der Waals surface area contributed by atoms with Gasteiger partial charge < -0.3 is 10.1 Å². The van der Waals surface area contributed by atoms with E-state index in [9.17, 15) is 17.6 Å². The highest BCUT2D eigenvalue weighted by Crippen LogP contribution is 2.33. The first-order valence-electron chi connectivity index (χ1n) is 9.41. The fourth-order valence-corrected chi connectivity index (χ4v) is 5.13. The average molecular weight is 421 g/mol. The van der Waals surface area contributed by atoms with Crippen molar-refractivity contribution in [2.24, 2.45) is 5.41 Å². The number of amides is 1. The number of halogens is 1. The van der Waals surface area contributed by atoms with Crippen molar-refractivity contribution in [3.63, 3.8) is 0 Å². The third-order valence-electron chi connectivity index (χ3n) is 5.25. The molecule has 0 spiro atoms. The predicted octanol–water partition coefficient (Wildman–Crippen LogP) is 2.94. The van der Waals surface area contributed by atoms with Crippen LogP contribution in [0.15, 0.2) is 53.4 Å². The molecule has 0 aliphatic carbocycles. The van der Waals surface area contributed by atoms with E-state index >= 15 is 0 Å². The minimum atomic E-state index is -3.72. The Bertz CT molecular complexity index is 978. The number of carbonyl (C=O) groups excluding carboxylic acids is 1. The van der Waals surface area contributed by atoms with Gasteiger partial charge in [-0.3, -0.25) is 4.79 Å². The third-order valence-corrected chi connectivity index (χ3v) is 7.11. The zero-order valence-corrected chi connectivity index (χ0v) is 17.3. The van der Waals surface area contributed by atoms with Gasteiger partial charge in [-0.2, -0.15) is 4.31 Å². The van der Waals surface area contributed by atoms with Crippen LogP contribution in [0.2, 0.25) is 0 Å². The number of rotatable bonds is 6. The van der Waals surface area contributed by atoms with Crippen molar-refractivity contribution in [2.45, 2.75) is 31.2 Å². The van der Waals surface area contributed by atoms with Crippen LogP contribution in [0.1, 0.15) is 25.3 Å². The molecule has 1 amide bonds. The number of nitrogens with zero attached hydrogens (tertiary/aromatic N) is 1. The minimum absolute atomic E-state index is 0.0936. The molecule has 1 fully saturated rings. The van der Waals surface area contributed by atoms with Gasteiger partial charge in [0.1, 0.15) is 11.6 Å². The summed E-state index contributed by atoms with van der Waals surface area (Å²) in [6.07, 6.45) is 1.16. The highest BCUT2D eigenvalue weighted by atomic mass is 32.2. The van der Waals surface area contributed by atoms with Gasteiger partial charge in [-0.1, -0.05) is 12.1 Å². The average Bonchev–Trinajstić information content (AvgIpc) is 2.72. The lowest BCUT2D eigenvalue weighted by Crippen LogP contribution is -2.51. The smallest absolute Gasteiger partial charge is 0.243 e. The van der Waals surface area contributed by atoms with Gasteiger partial charge >= 0.3 is 0 Å². The molecule has 1 aliphatic rings. The molecule has 156 valence electrons. The highest BCUT2D eigenvalue weighted by Gasteiger charge is 2.41. The number of ether oxygens (including phenoxy) is 1. The van der Waals surface area contributed by atoms with E-state index in [2.05, 4.69) is 5.32 Å². The number of sulfonamides is 1. The van der Waals surface area contributed by atoms with E-state index in [4.69, 9.17) is 4.74 Å². The van der Waals surface area contributed by atoms with Crippen LogP contribution in [-0.2, 0) is 21.4 Å². The molecule has 1 heterocycles. The number of hydrogen-bond donors (Lipinski definition) is 1. The number of hydrogen-bond acceptors (Lipinski definition) is 4. The standard InChI is InChI=1S/C21H25FN2O4S/c1-21(20(25)23-14-16-5-3-6-17(22)13-16)11-4-12-24(15-21)29(26,27)19-9-7-18(28-2)8-10-19/h3,5-10,13H,4,11-12,14-15H2,1-2H3,(H,23,25).